The van der Waals surface area contributed by atoms with Gasteiger partial charge in [-0.15, -0.1) is 0 Å². The van der Waals surface area contributed by atoms with Crippen LogP contribution in [0.2, 0.25) is 0 Å². The molecule has 1 amide bonds. The molecular formula is C15H14N4O. The molecule has 2 N–H and O–H groups in total. The molecule has 3 atom stereocenters. The van der Waals surface area contributed by atoms with Gasteiger partial charge in [0.05, 0.1) is 17.0 Å². The second-order valence-electron chi connectivity index (χ2n) is 5.36. The SMILES string of the molecule is N#Cc1ccc(NC(=O)C2CC3CCC2N3)cc1C#N. The number of hydrogen-bond acceptors (Lipinski definition) is 4. The van der Waals surface area contributed by atoms with Crippen LogP contribution in [-0.2, 0) is 4.79 Å². The van der Waals surface area contributed by atoms with Gasteiger partial charge in [0.15, 0.2) is 0 Å². The van der Waals surface area contributed by atoms with Crippen LogP contribution in [0, 0.1) is 28.6 Å². The number of rotatable bonds is 2. The number of nitrogens with one attached hydrogen (secondary N) is 2. The van der Waals surface area contributed by atoms with Crippen molar-refractivity contribution in [1.82, 2.24) is 5.32 Å². The van der Waals surface area contributed by atoms with E-state index >= 15 is 0 Å². The van der Waals surface area contributed by atoms with Crippen molar-refractivity contribution in [2.45, 2.75) is 31.3 Å². The smallest absolute Gasteiger partial charge is 0.229 e. The fourth-order valence-electron chi connectivity index (χ4n) is 3.16. The molecule has 0 spiro atoms. The first-order valence-corrected chi connectivity index (χ1v) is 6.72. The summed E-state index contributed by atoms with van der Waals surface area (Å²) in [6.07, 6.45) is 3.10. The van der Waals surface area contributed by atoms with E-state index in [0.717, 1.165) is 19.3 Å². The maximum absolute atomic E-state index is 12.3. The normalized spacial score (nSPS) is 26.8. The van der Waals surface area contributed by atoms with Crippen molar-refractivity contribution in [3.63, 3.8) is 0 Å². The van der Waals surface area contributed by atoms with Crippen molar-refractivity contribution < 1.29 is 4.79 Å². The molecule has 0 saturated carbocycles. The predicted octanol–water partition coefficient (Wildman–Crippen LogP) is 1.51. The highest BCUT2D eigenvalue weighted by molar-refractivity contribution is 5.93. The van der Waals surface area contributed by atoms with Gasteiger partial charge in [-0.05, 0) is 37.5 Å². The van der Waals surface area contributed by atoms with Crippen LogP contribution in [0.15, 0.2) is 18.2 Å². The summed E-state index contributed by atoms with van der Waals surface area (Å²) in [4.78, 5) is 12.3. The van der Waals surface area contributed by atoms with Crippen LogP contribution >= 0.6 is 0 Å². The van der Waals surface area contributed by atoms with Crippen LogP contribution in [0.3, 0.4) is 0 Å². The number of carbonyl (C=O) groups is 1. The van der Waals surface area contributed by atoms with Gasteiger partial charge in [-0.2, -0.15) is 10.5 Å². The molecule has 2 saturated heterocycles. The summed E-state index contributed by atoms with van der Waals surface area (Å²) in [7, 11) is 0. The van der Waals surface area contributed by atoms with Crippen LogP contribution in [0.4, 0.5) is 5.69 Å². The minimum absolute atomic E-state index is 0.00158. The van der Waals surface area contributed by atoms with E-state index in [1.165, 1.54) is 0 Å². The Morgan fingerprint density at radius 3 is 2.65 bits per heavy atom. The standard InChI is InChI=1S/C15H14N4O/c16-7-9-1-2-11(5-10(9)8-17)19-15(20)13-6-12-3-4-14(13)18-12/h1-2,5,12-14,18H,3-4,6H2,(H,19,20). The Balaban J connectivity index is 1.74. The van der Waals surface area contributed by atoms with E-state index in [4.69, 9.17) is 10.5 Å². The van der Waals surface area contributed by atoms with Gasteiger partial charge in [0.2, 0.25) is 5.91 Å². The molecule has 100 valence electrons. The molecule has 1 aromatic rings. The molecule has 0 aromatic heterocycles. The third-order valence-electron chi connectivity index (χ3n) is 4.16. The molecule has 20 heavy (non-hydrogen) atoms. The van der Waals surface area contributed by atoms with E-state index in [1.54, 1.807) is 18.2 Å². The molecule has 0 radical (unpaired) electrons. The van der Waals surface area contributed by atoms with E-state index in [9.17, 15) is 4.79 Å². The zero-order chi connectivity index (χ0) is 14.1. The molecule has 2 aliphatic rings. The van der Waals surface area contributed by atoms with Gasteiger partial charge >= 0.3 is 0 Å². The Morgan fingerprint density at radius 1 is 1.25 bits per heavy atom. The summed E-state index contributed by atoms with van der Waals surface area (Å²) in [5, 5.41) is 24.1. The number of fused-ring (bicyclic) bond motifs is 2. The van der Waals surface area contributed by atoms with Gasteiger partial charge in [0.25, 0.3) is 0 Å². The lowest BCUT2D eigenvalue weighted by Gasteiger charge is -2.19. The van der Waals surface area contributed by atoms with Crippen molar-refractivity contribution in [3.05, 3.63) is 29.3 Å². The van der Waals surface area contributed by atoms with Crippen molar-refractivity contribution in [3.8, 4) is 12.1 Å². The lowest BCUT2D eigenvalue weighted by Crippen LogP contribution is -2.32. The van der Waals surface area contributed by atoms with Crippen LogP contribution in [0.25, 0.3) is 0 Å². The first-order valence-electron chi connectivity index (χ1n) is 6.72. The maximum atomic E-state index is 12.3. The molecule has 1 aromatic carbocycles. The van der Waals surface area contributed by atoms with E-state index in [0.29, 0.717) is 17.3 Å². The third kappa shape index (κ3) is 2.13. The average Bonchev–Trinajstić information content (AvgIpc) is 3.09. The zero-order valence-corrected chi connectivity index (χ0v) is 10.9. The quantitative estimate of drug-likeness (QED) is 0.849. The first-order chi connectivity index (χ1) is 9.71. The molecular weight excluding hydrogens is 252 g/mol. The molecule has 2 heterocycles. The van der Waals surface area contributed by atoms with E-state index in [1.807, 2.05) is 12.1 Å². The van der Waals surface area contributed by atoms with E-state index in [-0.39, 0.29) is 23.4 Å². The summed E-state index contributed by atoms with van der Waals surface area (Å²) < 4.78 is 0. The summed E-state index contributed by atoms with van der Waals surface area (Å²) in [5.41, 5.74) is 1.19. The Hall–Kier alpha value is -2.37. The number of anilines is 1. The van der Waals surface area contributed by atoms with Crippen molar-refractivity contribution in [2.75, 3.05) is 5.32 Å². The van der Waals surface area contributed by atoms with Gasteiger partial charge in [-0.3, -0.25) is 4.79 Å². The van der Waals surface area contributed by atoms with Crippen molar-refractivity contribution in [1.29, 1.82) is 10.5 Å². The Morgan fingerprint density at radius 2 is 2.05 bits per heavy atom. The maximum Gasteiger partial charge on any atom is 0.229 e. The van der Waals surface area contributed by atoms with Gasteiger partial charge in [0, 0.05) is 17.8 Å². The topological polar surface area (TPSA) is 88.7 Å². The van der Waals surface area contributed by atoms with E-state index in [2.05, 4.69) is 10.6 Å². The highest BCUT2D eigenvalue weighted by Crippen LogP contribution is 2.34. The zero-order valence-electron chi connectivity index (χ0n) is 10.9. The highest BCUT2D eigenvalue weighted by Gasteiger charge is 2.42. The molecule has 0 aliphatic carbocycles. The summed E-state index contributed by atoms with van der Waals surface area (Å²) in [6.45, 7) is 0. The number of nitriles is 2. The van der Waals surface area contributed by atoms with E-state index < -0.39 is 0 Å². The second-order valence-corrected chi connectivity index (χ2v) is 5.36. The fraction of sp³-hybridized carbons (Fsp3) is 0.400. The summed E-state index contributed by atoms with van der Waals surface area (Å²) in [5.74, 6) is 0.00762. The lowest BCUT2D eigenvalue weighted by molar-refractivity contribution is -0.120. The average molecular weight is 266 g/mol. The number of amides is 1. The van der Waals surface area contributed by atoms with Crippen LogP contribution in [0.1, 0.15) is 30.4 Å². The Labute approximate surface area is 117 Å². The van der Waals surface area contributed by atoms with Gasteiger partial charge in [-0.25, -0.2) is 0 Å². The molecule has 2 bridgehead atoms. The highest BCUT2D eigenvalue weighted by atomic mass is 16.2. The predicted molar refractivity (Wildman–Crippen MR) is 72.6 cm³/mol. The molecule has 5 heteroatoms. The van der Waals surface area contributed by atoms with Crippen LogP contribution in [0.5, 0.6) is 0 Å². The number of nitrogens with zero attached hydrogens (tertiary/aromatic N) is 2. The molecule has 3 rings (SSSR count). The monoisotopic (exact) mass is 266 g/mol. The molecule has 2 aliphatic heterocycles. The molecule has 5 nitrogen and oxygen atoms in total. The summed E-state index contributed by atoms with van der Waals surface area (Å²) >= 11 is 0. The Bertz CT molecular complexity index is 640. The van der Waals surface area contributed by atoms with Crippen molar-refractivity contribution >= 4 is 11.6 Å². The van der Waals surface area contributed by atoms with Crippen LogP contribution in [-0.4, -0.2) is 18.0 Å². The van der Waals surface area contributed by atoms with Gasteiger partial charge in [-0.1, -0.05) is 0 Å². The number of hydrogen-bond donors (Lipinski definition) is 2. The minimum Gasteiger partial charge on any atom is -0.326 e. The lowest BCUT2D eigenvalue weighted by atomic mass is 9.88. The second kappa shape index (κ2) is 4.96. The minimum atomic E-state index is -0.00158. The van der Waals surface area contributed by atoms with Gasteiger partial charge in [0.1, 0.15) is 12.1 Å². The number of benzene rings is 1. The Kier molecular flexibility index (Phi) is 3.14. The van der Waals surface area contributed by atoms with Gasteiger partial charge < -0.3 is 10.6 Å². The fourth-order valence-corrected chi connectivity index (χ4v) is 3.16. The third-order valence-corrected chi connectivity index (χ3v) is 4.16. The summed E-state index contributed by atoms with van der Waals surface area (Å²) in [6, 6.07) is 9.47. The van der Waals surface area contributed by atoms with Crippen LogP contribution < -0.4 is 10.6 Å². The van der Waals surface area contributed by atoms with Crippen molar-refractivity contribution in [2.24, 2.45) is 5.92 Å². The first kappa shape index (κ1) is 12.7. The molecule has 3 unspecified atom stereocenters. The largest absolute Gasteiger partial charge is 0.326 e. The molecule has 2 fully saturated rings. The number of carbonyl (C=O) groups excluding carboxylic acids is 1.